The Labute approximate surface area is 247 Å². The summed E-state index contributed by atoms with van der Waals surface area (Å²) in [5.74, 6) is -3.24. The minimum absolute atomic E-state index is 0.0352. The molecule has 0 unspecified atom stereocenters. The Bertz CT molecular complexity index is 1490. The van der Waals surface area contributed by atoms with Crippen molar-refractivity contribution in [3.05, 3.63) is 54.1 Å². The van der Waals surface area contributed by atoms with E-state index in [9.17, 15) is 36.4 Å². The second-order valence-electron chi connectivity index (χ2n) is 10.5. The molecule has 0 aliphatic carbocycles. The van der Waals surface area contributed by atoms with Gasteiger partial charge in [-0.05, 0) is 60.9 Å². The zero-order valence-corrected chi connectivity index (χ0v) is 23.9. The number of rotatable bonds is 8. The van der Waals surface area contributed by atoms with Gasteiger partial charge in [-0.15, -0.1) is 5.06 Å². The third-order valence-corrected chi connectivity index (χ3v) is 9.43. The third kappa shape index (κ3) is 7.90. The predicted molar refractivity (Wildman–Crippen MR) is 147 cm³/mol. The summed E-state index contributed by atoms with van der Waals surface area (Å²) in [6, 6.07) is 15.6. The number of nitrogens with zero attached hydrogens (tertiary/aromatic N) is 4. The lowest BCUT2D eigenvalue weighted by Gasteiger charge is -2.33. The second-order valence-corrected chi connectivity index (χ2v) is 12.4. The Hall–Kier alpha value is -3.98. The molecule has 0 bridgehead atoms. The third-order valence-electron chi connectivity index (χ3n) is 7.52. The number of hydrogen-bond donors (Lipinski definition) is 1. The average molecular weight is 618 g/mol. The first-order valence-corrected chi connectivity index (χ1v) is 15.2. The molecule has 2 fully saturated rings. The largest absolute Gasteiger partial charge is 0.492 e. The first kappa shape index (κ1) is 31.9. The highest BCUT2D eigenvalue weighted by Gasteiger charge is 2.44. The highest BCUT2D eigenvalue weighted by Crippen LogP contribution is 2.27. The number of carbonyl (C=O) groups is 2. The number of benzene rings is 2. The van der Waals surface area contributed by atoms with Crippen LogP contribution in [0.3, 0.4) is 0 Å². The summed E-state index contributed by atoms with van der Waals surface area (Å²) in [6.07, 6.45) is -2.90. The fourth-order valence-corrected chi connectivity index (χ4v) is 6.56. The van der Waals surface area contributed by atoms with Crippen molar-refractivity contribution in [2.45, 2.75) is 61.7 Å². The molecule has 2 aromatic carbocycles. The van der Waals surface area contributed by atoms with Gasteiger partial charge < -0.3 is 10.2 Å². The maximum atomic E-state index is 13.0. The Morgan fingerprint density at radius 2 is 1.56 bits per heavy atom. The topological polar surface area (TPSA) is 144 Å². The molecule has 0 spiro atoms. The number of nitriles is 2. The molecule has 2 aliphatic heterocycles. The van der Waals surface area contributed by atoms with Crippen molar-refractivity contribution in [1.29, 1.82) is 10.5 Å². The zero-order valence-electron chi connectivity index (χ0n) is 23.1. The molecular formula is C29H30F3N5O5S. The van der Waals surface area contributed by atoms with E-state index in [-0.39, 0.29) is 30.2 Å². The Kier molecular flexibility index (Phi) is 10.1. The highest BCUT2D eigenvalue weighted by atomic mass is 32.2. The quantitative estimate of drug-likeness (QED) is 0.472. The number of piperidine rings is 2. The molecule has 1 amide bonds. The summed E-state index contributed by atoms with van der Waals surface area (Å²) >= 11 is 0. The minimum Gasteiger partial charge on any atom is -0.360 e. The van der Waals surface area contributed by atoms with Gasteiger partial charge in [0.1, 0.15) is 12.1 Å². The van der Waals surface area contributed by atoms with Crippen LogP contribution in [-0.2, 0) is 30.9 Å². The van der Waals surface area contributed by atoms with E-state index >= 15 is 0 Å². The predicted octanol–water partition coefficient (Wildman–Crippen LogP) is 3.70. The summed E-state index contributed by atoms with van der Waals surface area (Å²) in [7, 11) is -3.67. The van der Waals surface area contributed by atoms with Crippen LogP contribution in [0.2, 0.25) is 0 Å². The van der Waals surface area contributed by atoms with Crippen LogP contribution in [0.1, 0.15) is 37.7 Å². The van der Waals surface area contributed by atoms with Crippen LogP contribution in [-0.4, -0.2) is 67.6 Å². The van der Waals surface area contributed by atoms with Crippen LogP contribution in [0.25, 0.3) is 11.1 Å². The van der Waals surface area contributed by atoms with Crippen molar-refractivity contribution in [3.63, 3.8) is 0 Å². The number of nitrogens with one attached hydrogen (secondary N) is 1. The fourth-order valence-electron chi connectivity index (χ4n) is 5.09. The lowest BCUT2D eigenvalue weighted by molar-refractivity contribution is -0.248. The van der Waals surface area contributed by atoms with Crippen molar-refractivity contribution in [1.82, 2.24) is 14.7 Å². The molecule has 1 N–H and O–H groups in total. The van der Waals surface area contributed by atoms with Gasteiger partial charge in [0, 0.05) is 32.0 Å². The number of carbonyl (C=O) groups excluding carboxylic acids is 2. The number of hydroxylamine groups is 2. The first-order chi connectivity index (χ1) is 20.4. The SMILES string of the molecule is N#CC1CCN(S(=O)(=O)c2ccc(-c3ccc(C[C@@H](C#N)NC(=O)[C@@H]4CCCCN4OC(=O)C(F)(F)F)cc3)cc2)CC1. The van der Waals surface area contributed by atoms with E-state index in [1.165, 1.54) is 16.4 Å². The zero-order chi connectivity index (χ0) is 31.2. The molecule has 0 saturated carbocycles. The monoisotopic (exact) mass is 617 g/mol. The van der Waals surface area contributed by atoms with Crippen LogP contribution in [0, 0.1) is 28.6 Å². The number of hydrogen-bond acceptors (Lipinski definition) is 8. The second kappa shape index (κ2) is 13.5. The van der Waals surface area contributed by atoms with Crippen molar-refractivity contribution in [2.24, 2.45) is 5.92 Å². The van der Waals surface area contributed by atoms with E-state index in [1.54, 1.807) is 36.4 Å². The smallest absolute Gasteiger partial charge is 0.360 e. The van der Waals surface area contributed by atoms with Gasteiger partial charge in [-0.3, -0.25) is 4.79 Å². The number of halogens is 3. The van der Waals surface area contributed by atoms with E-state index < -0.39 is 40.2 Å². The minimum atomic E-state index is -5.20. The molecule has 2 saturated heterocycles. The Morgan fingerprint density at radius 3 is 2.12 bits per heavy atom. The van der Waals surface area contributed by atoms with Crippen LogP contribution in [0.15, 0.2) is 53.4 Å². The summed E-state index contributed by atoms with van der Waals surface area (Å²) in [5.41, 5.74) is 2.27. The van der Waals surface area contributed by atoms with Gasteiger partial charge in [0.2, 0.25) is 15.9 Å². The van der Waals surface area contributed by atoms with Crippen molar-refractivity contribution in [2.75, 3.05) is 19.6 Å². The van der Waals surface area contributed by atoms with Gasteiger partial charge in [0.25, 0.3) is 0 Å². The fraction of sp³-hybridized carbons (Fsp3) is 0.448. The van der Waals surface area contributed by atoms with Crippen LogP contribution >= 0.6 is 0 Å². The number of sulfonamides is 1. The maximum Gasteiger partial charge on any atom is 0.492 e. The number of amides is 1. The number of alkyl halides is 3. The van der Waals surface area contributed by atoms with Gasteiger partial charge in [-0.2, -0.15) is 28.0 Å². The molecule has 10 nitrogen and oxygen atoms in total. The lowest BCUT2D eigenvalue weighted by Crippen LogP contribution is -2.53. The lowest BCUT2D eigenvalue weighted by atomic mass is 10.00. The molecule has 228 valence electrons. The van der Waals surface area contributed by atoms with E-state index in [1.807, 2.05) is 6.07 Å². The average Bonchev–Trinajstić information content (AvgIpc) is 3.01. The van der Waals surface area contributed by atoms with Crippen LogP contribution < -0.4 is 5.32 Å². The molecule has 2 atom stereocenters. The summed E-state index contributed by atoms with van der Waals surface area (Å²) in [5, 5.41) is 21.9. The van der Waals surface area contributed by atoms with Crippen LogP contribution in [0.5, 0.6) is 0 Å². The molecule has 2 aliphatic rings. The molecule has 0 radical (unpaired) electrons. The van der Waals surface area contributed by atoms with E-state index in [4.69, 9.17) is 5.26 Å². The first-order valence-electron chi connectivity index (χ1n) is 13.8. The molecule has 43 heavy (non-hydrogen) atoms. The molecule has 4 rings (SSSR count). The van der Waals surface area contributed by atoms with Crippen molar-refractivity contribution in [3.8, 4) is 23.3 Å². The molecular weight excluding hydrogens is 587 g/mol. The van der Waals surface area contributed by atoms with E-state index in [0.29, 0.717) is 44.3 Å². The Balaban J connectivity index is 1.36. The summed E-state index contributed by atoms with van der Waals surface area (Å²) in [4.78, 5) is 28.7. The van der Waals surface area contributed by atoms with Gasteiger partial charge in [-0.1, -0.05) is 36.4 Å². The standard InChI is InChI=1S/C29H30F3N5O5S/c30-29(31,32)28(39)42-37-14-2-1-3-26(37)27(38)35-24(19-34)17-20-4-6-22(7-5-20)23-8-10-25(11-9-23)43(40,41)36-15-12-21(18-33)13-16-36/h4-11,21,24,26H,1-3,12-17H2,(H,35,38)/t24-,26-/m0/s1. The Morgan fingerprint density at radius 1 is 0.953 bits per heavy atom. The molecule has 2 heterocycles. The molecule has 2 aromatic rings. The van der Waals surface area contributed by atoms with E-state index in [2.05, 4.69) is 16.2 Å². The summed E-state index contributed by atoms with van der Waals surface area (Å²) < 4.78 is 65.4. The van der Waals surface area contributed by atoms with Crippen LogP contribution in [0.4, 0.5) is 13.2 Å². The van der Waals surface area contributed by atoms with Crippen molar-refractivity contribution < 1.29 is 36.0 Å². The van der Waals surface area contributed by atoms with Gasteiger partial charge in [0.05, 0.1) is 17.0 Å². The molecule has 14 heteroatoms. The normalized spacial score (nSPS) is 19.5. The van der Waals surface area contributed by atoms with Gasteiger partial charge in [0.15, 0.2) is 0 Å². The summed E-state index contributed by atoms with van der Waals surface area (Å²) in [6.45, 7) is 0.573. The van der Waals surface area contributed by atoms with E-state index in [0.717, 1.165) is 16.2 Å². The van der Waals surface area contributed by atoms with Crippen molar-refractivity contribution >= 4 is 21.9 Å². The maximum absolute atomic E-state index is 13.0. The van der Waals surface area contributed by atoms with Gasteiger partial charge in [-0.25, -0.2) is 13.2 Å². The highest BCUT2D eigenvalue weighted by molar-refractivity contribution is 7.89. The molecule has 0 aromatic heterocycles. The van der Waals surface area contributed by atoms with Gasteiger partial charge >= 0.3 is 12.1 Å².